The summed E-state index contributed by atoms with van der Waals surface area (Å²) in [7, 11) is 0. The lowest BCUT2D eigenvalue weighted by molar-refractivity contribution is -0.143. The molecule has 0 spiro atoms. The topological polar surface area (TPSA) is 70.8 Å². The number of carboxylic acid groups (broad SMARTS) is 1. The Labute approximate surface area is 126 Å². The van der Waals surface area contributed by atoms with Gasteiger partial charge in [-0.25, -0.2) is 0 Å². The fraction of sp³-hybridized carbons (Fsp3) is 0.333. The summed E-state index contributed by atoms with van der Waals surface area (Å²) in [6, 6.07) is 6.85. The van der Waals surface area contributed by atoms with Gasteiger partial charge in [-0.05, 0) is 37.1 Å². The molecule has 1 aromatic carbocycles. The van der Waals surface area contributed by atoms with Crippen LogP contribution in [0.3, 0.4) is 0 Å². The number of carbonyl (C=O) groups excluding carboxylic acids is 1. The van der Waals surface area contributed by atoms with Crippen LogP contribution in [0.5, 0.6) is 0 Å². The van der Waals surface area contributed by atoms with Gasteiger partial charge in [0, 0.05) is 23.5 Å². The van der Waals surface area contributed by atoms with Crippen molar-refractivity contribution in [1.82, 2.24) is 4.90 Å². The van der Waals surface area contributed by atoms with Gasteiger partial charge in [0.1, 0.15) is 5.58 Å². The molecule has 5 nitrogen and oxygen atoms in total. The van der Waals surface area contributed by atoms with Gasteiger partial charge in [0.15, 0.2) is 5.76 Å². The van der Waals surface area contributed by atoms with E-state index in [-0.39, 0.29) is 17.6 Å². The van der Waals surface area contributed by atoms with Gasteiger partial charge >= 0.3 is 5.97 Å². The van der Waals surface area contributed by atoms with Crippen LogP contribution in [0.15, 0.2) is 28.7 Å². The maximum absolute atomic E-state index is 12.4. The number of piperidine rings is 1. The normalized spacial score (nSPS) is 16.3. The lowest BCUT2D eigenvalue weighted by Gasteiger charge is -2.29. The Hall–Kier alpha value is -2.01. The van der Waals surface area contributed by atoms with Crippen molar-refractivity contribution in [2.75, 3.05) is 13.1 Å². The van der Waals surface area contributed by atoms with Crippen LogP contribution in [0.1, 0.15) is 23.4 Å². The summed E-state index contributed by atoms with van der Waals surface area (Å²) in [5.41, 5.74) is 0.614. The lowest BCUT2D eigenvalue weighted by Crippen LogP contribution is -2.40. The number of carbonyl (C=O) groups is 2. The highest BCUT2D eigenvalue weighted by atomic mass is 35.5. The van der Waals surface area contributed by atoms with Crippen LogP contribution >= 0.6 is 11.6 Å². The van der Waals surface area contributed by atoms with Gasteiger partial charge in [-0.15, -0.1) is 0 Å². The van der Waals surface area contributed by atoms with Crippen LogP contribution in [0.25, 0.3) is 11.0 Å². The molecular formula is C15H14ClNO4. The minimum atomic E-state index is -0.791. The Morgan fingerprint density at radius 1 is 1.24 bits per heavy atom. The third-order valence-electron chi connectivity index (χ3n) is 3.82. The average molecular weight is 308 g/mol. The summed E-state index contributed by atoms with van der Waals surface area (Å²) in [5.74, 6) is -1.09. The first-order valence-electron chi connectivity index (χ1n) is 6.76. The van der Waals surface area contributed by atoms with Gasteiger partial charge < -0.3 is 14.4 Å². The summed E-state index contributed by atoms with van der Waals surface area (Å²) in [6.45, 7) is 0.876. The summed E-state index contributed by atoms with van der Waals surface area (Å²) >= 11 is 5.91. The Morgan fingerprint density at radius 2 is 1.95 bits per heavy atom. The molecule has 1 amide bonds. The second kappa shape index (κ2) is 5.41. The van der Waals surface area contributed by atoms with Crippen molar-refractivity contribution in [2.24, 2.45) is 5.92 Å². The van der Waals surface area contributed by atoms with Crippen LogP contribution in [0.4, 0.5) is 0 Å². The molecule has 110 valence electrons. The largest absolute Gasteiger partial charge is 0.481 e. The Morgan fingerprint density at radius 3 is 2.62 bits per heavy atom. The predicted molar refractivity (Wildman–Crippen MR) is 77.5 cm³/mol. The van der Waals surface area contributed by atoms with Crippen molar-refractivity contribution in [3.8, 4) is 0 Å². The van der Waals surface area contributed by atoms with Crippen molar-refractivity contribution < 1.29 is 19.1 Å². The number of rotatable bonds is 2. The fourth-order valence-electron chi connectivity index (χ4n) is 2.60. The molecule has 0 aliphatic carbocycles. The molecule has 6 heteroatoms. The zero-order chi connectivity index (χ0) is 15.0. The smallest absolute Gasteiger partial charge is 0.306 e. The predicted octanol–water partition coefficient (Wildman–Crippen LogP) is 3.02. The fourth-order valence-corrected chi connectivity index (χ4v) is 2.79. The number of hydrogen-bond donors (Lipinski definition) is 1. The molecule has 0 saturated carbocycles. The van der Waals surface area contributed by atoms with E-state index in [1.807, 2.05) is 0 Å². The third kappa shape index (κ3) is 2.74. The van der Waals surface area contributed by atoms with E-state index in [0.717, 1.165) is 5.39 Å². The molecule has 1 aliphatic rings. The van der Waals surface area contributed by atoms with E-state index in [1.165, 1.54) is 0 Å². The van der Waals surface area contributed by atoms with Crippen LogP contribution in [0.2, 0.25) is 5.02 Å². The zero-order valence-electron chi connectivity index (χ0n) is 11.2. The van der Waals surface area contributed by atoms with E-state index in [0.29, 0.717) is 36.5 Å². The SMILES string of the molecule is O=C(O)C1CCN(C(=O)c2cc3cc(Cl)ccc3o2)CC1. The van der Waals surface area contributed by atoms with Gasteiger partial charge in [-0.1, -0.05) is 11.6 Å². The standard InChI is InChI=1S/C15H14ClNO4/c16-11-1-2-12-10(7-11)8-13(21-12)14(18)17-5-3-9(4-6-17)15(19)20/h1-2,7-9H,3-6H2,(H,19,20). The highest BCUT2D eigenvalue weighted by molar-refractivity contribution is 6.31. The van der Waals surface area contributed by atoms with Gasteiger partial charge in [-0.3, -0.25) is 9.59 Å². The number of halogens is 1. The summed E-state index contributed by atoms with van der Waals surface area (Å²) < 4.78 is 5.55. The number of aliphatic carboxylic acids is 1. The molecule has 0 unspecified atom stereocenters. The van der Waals surface area contributed by atoms with Crippen LogP contribution in [-0.4, -0.2) is 35.0 Å². The molecular weight excluding hydrogens is 294 g/mol. The first kappa shape index (κ1) is 13.9. The molecule has 1 fully saturated rings. The van der Waals surface area contributed by atoms with Crippen molar-refractivity contribution >= 4 is 34.4 Å². The molecule has 1 saturated heterocycles. The van der Waals surface area contributed by atoms with E-state index in [1.54, 1.807) is 29.2 Å². The van der Waals surface area contributed by atoms with Gasteiger partial charge in [-0.2, -0.15) is 0 Å². The second-order valence-electron chi connectivity index (χ2n) is 5.20. The minimum absolute atomic E-state index is 0.203. The van der Waals surface area contributed by atoms with Crippen LogP contribution in [0, 0.1) is 5.92 Å². The van der Waals surface area contributed by atoms with E-state index in [4.69, 9.17) is 21.1 Å². The van der Waals surface area contributed by atoms with Gasteiger partial charge in [0.05, 0.1) is 5.92 Å². The molecule has 21 heavy (non-hydrogen) atoms. The quantitative estimate of drug-likeness (QED) is 0.925. The molecule has 2 aromatic rings. The van der Waals surface area contributed by atoms with Crippen molar-refractivity contribution in [3.63, 3.8) is 0 Å². The number of nitrogens with zero attached hydrogens (tertiary/aromatic N) is 1. The van der Waals surface area contributed by atoms with E-state index < -0.39 is 5.97 Å². The molecule has 2 heterocycles. The number of likely N-dealkylation sites (tertiary alicyclic amines) is 1. The zero-order valence-corrected chi connectivity index (χ0v) is 12.0. The third-order valence-corrected chi connectivity index (χ3v) is 4.06. The number of hydrogen-bond acceptors (Lipinski definition) is 3. The lowest BCUT2D eigenvalue weighted by atomic mass is 9.97. The Kier molecular flexibility index (Phi) is 3.59. The first-order valence-corrected chi connectivity index (χ1v) is 7.13. The van der Waals surface area contributed by atoms with Crippen LogP contribution in [-0.2, 0) is 4.79 Å². The first-order chi connectivity index (χ1) is 10.0. The molecule has 1 N–H and O–H groups in total. The molecule has 0 radical (unpaired) electrons. The van der Waals surface area contributed by atoms with Crippen molar-refractivity contribution in [3.05, 3.63) is 35.0 Å². The molecule has 0 atom stereocenters. The highest BCUT2D eigenvalue weighted by Gasteiger charge is 2.28. The number of furan rings is 1. The number of benzene rings is 1. The van der Waals surface area contributed by atoms with Crippen molar-refractivity contribution in [1.29, 1.82) is 0 Å². The van der Waals surface area contributed by atoms with Crippen LogP contribution < -0.4 is 0 Å². The van der Waals surface area contributed by atoms with E-state index in [9.17, 15) is 9.59 Å². The molecule has 1 aromatic heterocycles. The summed E-state index contributed by atoms with van der Waals surface area (Å²) in [5, 5.41) is 10.3. The number of carboxylic acids is 1. The highest BCUT2D eigenvalue weighted by Crippen LogP contribution is 2.25. The monoisotopic (exact) mass is 307 g/mol. The number of amides is 1. The molecule has 3 rings (SSSR count). The minimum Gasteiger partial charge on any atom is -0.481 e. The van der Waals surface area contributed by atoms with Crippen molar-refractivity contribution in [2.45, 2.75) is 12.8 Å². The summed E-state index contributed by atoms with van der Waals surface area (Å²) in [6.07, 6.45) is 0.959. The van der Waals surface area contributed by atoms with Gasteiger partial charge in [0.25, 0.3) is 5.91 Å². The maximum atomic E-state index is 12.4. The second-order valence-corrected chi connectivity index (χ2v) is 5.63. The molecule has 0 bridgehead atoms. The molecule has 1 aliphatic heterocycles. The van der Waals surface area contributed by atoms with Gasteiger partial charge in [0.2, 0.25) is 0 Å². The maximum Gasteiger partial charge on any atom is 0.306 e. The van der Waals surface area contributed by atoms with E-state index in [2.05, 4.69) is 0 Å². The van der Waals surface area contributed by atoms with E-state index >= 15 is 0 Å². The summed E-state index contributed by atoms with van der Waals surface area (Å²) in [4.78, 5) is 24.9. The number of fused-ring (bicyclic) bond motifs is 1. The Balaban J connectivity index is 1.76. The average Bonchev–Trinajstić information content (AvgIpc) is 2.89. The Bertz CT molecular complexity index is 701.